The van der Waals surface area contributed by atoms with Gasteiger partial charge in [-0.3, -0.25) is 0 Å². The van der Waals surface area contributed by atoms with Crippen LogP contribution in [0.5, 0.6) is 0 Å². The van der Waals surface area contributed by atoms with Crippen LogP contribution in [0.25, 0.3) is 0 Å². The normalized spacial score (nSPS) is 23.9. The summed E-state index contributed by atoms with van der Waals surface area (Å²) in [5, 5.41) is 5.74. The molecule has 2 atom stereocenters. The Balaban J connectivity index is 1.77. The molecule has 102 valence electrons. The lowest BCUT2D eigenvalue weighted by Gasteiger charge is -2.24. The van der Waals surface area contributed by atoms with Gasteiger partial charge in [0.1, 0.15) is 0 Å². The highest BCUT2D eigenvalue weighted by molar-refractivity contribution is 7.09. The van der Waals surface area contributed by atoms with Gasteiger partial charge in [0.15, 0.2) is 0 Å². The van der Waals surface area contributed by atoms with Gasteiger partial charge < -0.3 is 15.0 Å². The molecule has 0 bridgehead atoms. The van der Waals surface area contributed by atoms with Crippen LogP contribution in [-0.4, -0.2) is 44.3 Å². The van der Waals surface area contributed by atoms with Crippen molar-refractivity contribution < 1.29 is 4.74 Å². The van der Waals surface area contributed by atoms with E-state index in [-0.39, 0.29) is 0 Å². The minimum absolute atomic E-state index is 0.538. The zero-order chi connectivity index (χ0) is 12.8. The molecule has 1 aromatic heterocycles. The Hall–Kier alpha value is -0.420. The molecular formula is C14H24N2OS. The van der Waals surface area contributed by atoms with Gasteiger partial charge >= 0.3 is 0 Å². The highest BCUT2D eigenvalue weighted by Crippen LogP contribution is 2.17. The number of thiophene rings is 1. The van der Waals surface area contributed by atoms with Gasteiger partial charge in [-0.2, -0.15) is 0 Å². The van der Waals surface area contributed by atoms with E-state index in [1.54, 1.807) is 0 Å². The van der Waals surface area contributed by atoms with E-state index in [9.17, 15) is 0 Å². The van der Waals surface area contributed by atoms with Gasteiger partial charge in [-0.05, 0) is 31.5 Å². The second kappa shape index (κ2) is 7.24. The molecular weight excluding hydrogens is 244 g/mol. The Labute approximate surface area is 114 Å². The molecule has 2 heterocycles. The van der Waals surface area contributed by atoms with E-state index in [0.29, 0.717) is 12.0 Å². The predicted molar refractivity (Wildman–Crippen MR) is 77.0 cm³/mol. The number of ether oxygens (including phenoxy) is 1. The van der Waals surface area contributed by atoms with Crippen LogP contribution in [0.1, 0.15) is 18.2 Å². The quantitative estimate of drug-likeness (QED) is 0.820. The van der Waals surface area contributed by atoms with Crippen LogP contribution < -0.4 is 5.32 Å². The molecule has 1 aliphatic heterocycles. The van der Waals surface area contributed by atoms with E-state index in [2.05, 4.69) is 41.7 Å². The van der Waals surface area contributed by atoms with Crippen LogP contribution in [0.3, 0.4) is 0 Å². The van der Waals surface area contributed by atoms with E-state index in [0.717, 1.165) is 32.8 Å². The van der Waals surface area contributed by atoms with Crippen LogP contribution in [0.4, 0.5) is 0 Å². The first kappa shape index (κ1) is 14.0. The molecule has 0 radical (unpaired) electrons. The Morgan fingerprint density at radius 1 is 1.50 bits per heavy atom. The van der Waals surface area contributed by atoms with Crippen molar-refractivity contribution in [2.24, 2.45) is 5.92 Å². The third-order valence-electron chi connectivity index (χ3n) is 3.41. The summed E-state index contributed by atoms with van der Waals surface area (Å²) in [7, 11) is 2.20. The molecule has 0 spiro atoms. The summed E-state index contributed by atoms with van der Waals surface area (Å²) in [4.78, 5) is 3.85. The average molecular weight is 268 g/mol. The SMILES string of the molecule is CCCNC1COCC1CN(C)Cc1cccs1. The molecule has 2 rings (SSSR count). The number of nitrogens with one attached hydrogen (secondary N) is 1. The molecule has 1 aliphatic rings. The number of rotatable bonds is 7. The lowest BCUT2D eigenvalue weighted by molar-refractivity contribution is 0.172. The highest BCUT2D eigenvalue weighted by atomic mass is 32.1. The van der Waals surface area contributed by atoms with Crippen molar-refractivity contribution in [3.05, 3.63) is 22.4 Å². The maximum absolute atomic E-state index is 5.62. The van der Waals surface area contributed by atoms with Crippen molar-refractivity contribution in [2.45, 2.75) is 25.9 Å². The summed E-state index contributed by atoms with van der Waals surface area (Å²) < 4.78 is 5.62. The van der Waals surface area contributed by atoms with Crippen LogP contribution in [0, 0.1) is 5.92 Å². The zero-order valence-electron chi connectivity index (χ0n) is 11.4. The van der Waals surface area contributed by atoms with Crippen molar-refractivity contribution in [1.29, 1.82) is 0 Å². The third kappa shape index (κ3) is 4.05. The van der Waals surface area contributed by atoms with Gasteiger partial charge in [-0.25, -0.2) is 0 Å². The van der Waals surface area contributed by atoms with Crippen LogP contribution in [-0.2, 0) is 11.3 Å². The van der Waals surface area contributed by atoms with Gasteiger partial charge in [-0.15, -0.1) is 11.3 Å². The number of hydrogen-bond donors (Lipinski definition) is 1. The summed E-state index contributed by atoms with van der Waals surface area (Å²) in [6.45, 7) is 7.24. The van der Waals surface area contributed by atoms with Crippen LogP contribution in [0.15, 0.2) is 17.5 Å². The summed E-state index contributed by atoms with van der Waals surface area (Å²) in [6.07, 6.45) is 1.19. The molecule has 1 aromatic rings. The summed E-state index contributed by atoms with van der Waals surface area (Å²) >= 11 is 1.84. The Bertz CT molecular complexity index is 329. The second-order valence-electron chi connectivity index (χ2n) is 5.13. The van der Waals surface area contributed by atoms with Crippen molar-refractivity contribution >= 4 is 11.3 Å². The molecule has 0 amide bonds. The topological polar surface area (TPSA) is 24.5 Å². The minimum Gasteiger partial charge on any atom is -0.379 e. The van der Waals surface area contributed by atoms with Gasteiger partial charge in [0.05, 0.1) is 13.2 Å². The highest BCUT2D eigenvalue weighted by Gasteiger charge is 2.28. The fraction of sp³-hybridized carbons (Fsp3) is 0.714. The van der Waals surface area contributed by atoms with Crippen molar-refractivity contribution in [3.8, 4) is 0 Å². The summed E-state index contributed by atoms with van der Waals surface area (Å²) in [5.74, 6) is 0.626. The molecule has 1 N–H and O–H groups in total. The molecule has 0 saturated carbocycles. The fourth-order valence-corrected chi connectivity index (χ4v) is 3.25. The first-order valence-electron chi connectivity index (χ1n) is 6.81. The monoisotopic (exact) mass is 268 g/mol. The largest absolute Gasteiger partial charge is 0.379 e. The van der Waals surface area contributed by atoms with Gasteiger partial charge in [0.2, 0.25) is 0 Å². The number of nitrogens with zero attached hydrogens (tertiary/aromatic N) is 1. The molecule has 18 heavy (non-hydrogen) atoms. The van der Waals surface area contributed by atoms with Crippen LogP contribution in [0.2, 0.25) is 0 Å². The van der Waals surface area contributed by atoms with Crippen molar-refractivity contribution in [1.82, 2.24) is 10.2 Å². The first-order chi connectivity index (χ1) is 8.79. The molecule has 3 nitrogen and oxygen atoms in total. The van der Waals surface area contributed by atoms with Crippen molar-refractivity contribution in [3.63, 3.8) is 0 Å². The standard InChI is InChI=1S/C14H24N2OS/c1-3-6-15-14-11-17-10-12(14)8-16(2)9-13-5-4-7-18-13/h4-5,7,12,14-15H,3,6,8-11H2,1-2H3. The minimum atomic E-state index is 0.538. The molecule has 2 unspecified atom stereocenters. The molecule has 4 heteroatoms. The molecule has 0 aromatic carbocycles. The molecule has 1 saturated heterocycles. The Kier molecular flexibility index (Phi) is 5.63. The van der Waals surface area contributed by atoms with Crippen molar-refractivity contribution in [2.75, 3.05) is 33.4 Å². The number of hydrogen-bond acceptors (Lipinski definition) is 4. The van der Waals surface area contributed by atoms with E-state index in [1.807, 2.05) is 11.3 Å². The van der Waals surface area contributed by atoms with Gasteiger partial charge in [0.25, 0.3) is 0 Å². The molecule has 1 fully saturated rings. The van der Waals surface area contributed by atoms with Gasteiger partial charge in [-0.1, -0.05) is 13.0 Å². The van der Waals surface area contributed by atoms with E-state index in [4.69, 9.17) is 4.74 Å². The third-order valence-corrected chi connectivity index (χ3v) is 4.27. The maximum atomic E-state index is 5.62. The first-order valence-corrected chi connectivity index (χ1v) is 7.69. The average Bonchev–Trinajstić information content (AvgIpc) is 2.98. The van der Waals surface area contributed by atoms with E-state index < -0.39 is 0 Å². The lowest BCUT2D eigenvalue weighted by atomic mass is 10.0. The second-order valence-corrected chi connectivity index (χ2v) is 6.17. The Morgan fingerprint density at radius 3 is 3.11 bits per heavy atom. The zero-order valence-corrected chi connectivity index (χ0v) is 12.2. The predicted octanol–water partition coefficient (Wildman–Crippen LogP) is 2.19. The Morgan fingerprint density at radius 2 is 2.39 bits per heavy atom. The smallest absolute Gasteiger partial charge is 0.0623 e. The van der Waals surface area contributed by atoms with E-state index >= 15 is 0 Å². The van der Waals surface area contributed by atoms with Gasteiger partial charge in [0, 0.05) is 29.9 Å². The van der Waals surface area contributed by atoms with Crippen LogP contribution >= 0.6 is 11.3 Å². The maximum Gasteiger partial charge on any atom is 0.0623 e. The summed E-state index contributed by atoms with van der Waals surface area (Å²) in [6, 6.07) is 4.87. The molecule has 0 aliphatic carbocycles. The lowest BCUT2D eigenvalue weighted by Crippen LogP contribution is -2.40. The fourth-order valence-electron chi connectivity index (χ4n) is 2.47. The van der Waals surface area contributed by atoms with E-state index in [1.165, 1.54) is 11.3 Å². The summed E-state index contributed by atoms with van der Waals surface area (Å²) in [5.41, 5.74) is 0.